The van der Waals surface area contributed by atoms with Crippen LogP contribution in [0.5, 0.6) is 0 Å². The lowest BCUT2D eigenvalue weighted by molar-refractivity contribution is 0.948. The van der Waals surface area contributed by atoms with Crippen LogP contribution in [0.25, 0.3) is 10.9 Å². The van der Waals surface area contributed by atoms with E-state index in [4.69, 9.17) is 0 Å². The third kappa shape index (κ3) is 2.90. The topological polar surface area (TPSA) is 38.7 Å². The Morgan fingerprint density at radius 2 is 1.79 bits per heavy atom. The molecule has 4 heteroatoms. The molecule has 0 unspecified atom stereocenters. The normalized spacial score (nSPS) is 10.8. The number of nitrogens with zero attached hydrogens (tertiary/aromatic N) is 3. The zero-order valence-electron chi connectivity index (χ0n) is 10.6. The van der Waals surface area contributed by atoms with Gasteiger partial charge in [0.2, 0.25) is 0 Å². The molecule has 0 saturated carbocycles. The maximum Gasteiger partial charge on any atom is 0.187 e. The highest BCUT2D eigenvalue weighted by molar-refractivity contribution is 7.98. The molecular weight excluding hydrogens is 254 g/mol. The van der Waals surface area contributed by atoms with Crippen molar-refractivity contribution in [3.05, 3.63) is 60.0 Å². The third-order valence-electron chi connectivity index (χ3n) is 2.76. The fourth-order valence-corrected chi connectivity index (χ4v) is 2.47. The van der Waals surface area contributed by atoms with Gasteiger partial charge in [-0.1, -0.05) is 36.0 Å². The van der Waals surface area contributed by atoms with Crippen molar-refractivity contribution < 1.29 is 0 Å². The quantitative estimate of drug-likeness (QED) is 0.536. The Balaban J connectivity index is 1.76. The summed E-state index contributed by atoms with van der Waals surface area (Å²) < 4.78 is 0. The molecule has 0 saturated heterocycles. The monoisotopic (exact) mass is 267 g/mol. The summed E-state index contributed by atoms with van der Waals surface area (Å²) in [7, 11) is 0. The molecule has 0 aliphatic carbocycles. The van der Waals surface area contributed by atoms with Gasteiger partial charge in [-0.15, -0.1) is 0 Å². The number of aryl methyl sites for hydroxylation is 1. The average Bonchev–Trinajstić information content (AvgIpc) is 2.46. The summed E-state index contributed by atoms with van der Waals surface area (Å²) in [4.78, 5) is 13.2. The number of hydrogen-bond donors (Lipinski definition) is 0. The summed E-state index contributed by atoms with van der Waals surface area (Å²) in [6.07, 6.45) is 3.67. The molecule has 0 N–H and O–H groups in total. The SMILES string of the molecule is Cc1cnc(SCc2ccc3ccccc3n2)nc1. The molecule has 2 aromatic heterocycles. The molecule has 0 amide bonds. The van der Waals surface area contributed by atoms with Crippen molar-refractivity contribution in [3.8, 4) is 0 Å². The minimum absolute atomic E-state index is 0.786. The maximum atomic E-state index is 4.63. The molecule has 19 heavy (non-hydrogen) atoms. The molecule has 0 atom stereocenters. The smallest absolute Gasteiger partial charge is 0.187 e. The summed E-state index contributed by atoms with van der Waals surface area (Å²) in [5, 5.41) is 1.96. The van der Waals surface area contributed by atoms with Gasteiger partial charge in [-0.05, 0) is 24.6 Å². The van der Waals surface area contributed by atoms with Crippen LogP contribution in [0.15, 0.2) is 53.9 Å². The predicted octanol–water partition coefficient (Wildman–Crippen LogP) is 3.63. The molecular formula is C15H13N3S. The Morgan fingerprint density at radius 1 is 1.00 bits per heavy atom. The van der Waals surface area contributed by atoms with Crippen LogP contribution in [0.2, 0.25) is 0 Å². The first-order valence-corrected chi connectivity index (χ1v) is 7.06. The van der Waals surface area contributed by atoms with Crippen LogP contribution in [0.3, 0.4) is 0 Å². The third-order valence-corrected chi connectivity index (χ3v) is 3.67. The summed E-state index contributed by atoms with van der Waals surface area (Å²) in [6, 6.07) is 12.3. The van der Waals surface area contributed by atoms with Crippen LogP contribution >= 0.6 is 11.8 Å². The molecule has 2 heterocycles. The molecule has 0 fully saturated rings. The van der Waals surface area contributed by atoms with Gasteiger partial charge in [0, 0.05) is 23.5 Å². The van der Waals surface area contributed by atoms with Crippen molar-refractivity contribution >= 4 is 22.7 Å². The number of thioether (sulfide) groups is 1. The first-order chi connectivity index (χ1) is 9.31. The van der Waals surface area contributed by atoms with E-state index in [0.29, 0.717) is 0 Å². The van der Waals surface area contributed by atoms with Gasteiger partial charge in [0.25, 0.3) is 0 Å². The fourth-order valence-electron chi connectivity index (χ4n) is 1.78. The lowest BCUT2D eigenvalue weighted by Crippen LogP contribution is -1.91. The average molecular weight is 267 g/mol. The van der Waals surface area contributed by atoms with Crippen LogP contribution < -0.4 is 0 Å². The van der Waals surface area contributed by atoms with Gasteiger partial charge >= 0.3 is 0 Å². The van der Waals surface area contributed by atoms with E-state index in [2.05, 4.69) is 33.2 Å². The number of hydrogen-bond acceptors (Lipinski definition) is 4. The predicted molar refractivity (Wildman–Crippen MR) is 78.1 cm³/mol. The lowest BCUT2D eigenvalue weighted by Gasteiger charge is -2.02. The summed E-state index contributed by atoms with van der Waals surface area (Å²) in [5.41, 5.74) is 3.16. The maximum absolute atomic E-state index is 4.63. The number of fused-ring (bicyclic) bond motifs is 1. The van der Waals surface area contributed by atoms with Gasteiger partial charge in [-0.3, -0.25) is 4.98 Å². The molecule has 0 aliphatic heterocycles. The summed E-state index contributed by atoms with van der Waals surface area (Å²) >= 11 is 1.61. The van der Waals surface area contributed by atoms with E-state index < -0.39 is 0 Å². The van der Waals surface area contributed by atoms with Gasteiger partial charge in [0.05, 0.1) is 11.2 Å². The van der Waals surface area contributed by atoms with E-state index in [1.54, 1.807) is 11.8 Å². The first kappa shape index (κ1) is 12.1. The minimum atomic E-state index is 0.786. The summed E-state index contributed by atoms with van der Waals surface area (Å²) in [6.45, 7) is 1.99. The molecule has 3 aromatic rings. The Morgan fingerprint density at radius 3 is 2.63 bits per heavy atom. The number of benzene rings is 1. The van der Waals surface area contributed by atoms with Gasteiger partial charge in [-0.25, -0.2) is 9.97 Å². The molecule has 3 nitrogen and oxygen atoms in total. The van der Waals surface area contributed by atoms with E-state index in [0.717, 1.165) is 27.7 Å². The first-order valence-electron chi connectivity index (χ1n) is 6.07. The highest BCUT2D eigenvalue weighted by Gasteiger charge is 2.01. The molecule has 0 spiro atoms. The standard InChI is InChI=1S/C15H13N3S/c1-11-8-16-15(17-9-11)19-10-13-7-6-12-4-2-3-5-14(12)18-13/h2-9H,10H2,1H3. The number of rotatable bonds is 3. The highest BCUT2D eigenvalue weighted by atomic mass is 32.2. The Bertz CT molecular complexity index is 695. The Hall–Kier alpha value is -1.94. The van der Waals surface area contributed by atoms with Crippen LogP contribution in [0.1, 0.15) is 11.3 Å². The van der Waals surface area contributed by atoms with Crippen LogP contribution in [-0.2, 0) is 5.75 Å². The van der Waals surface area contributed by atoms with Gasteiger partial charge < -0.3 is 0 Å². The van der Waals surface area contributed by atoms with E-state index in [1.807, 2.05) is 37.5 Å². The van der Waals surface area contributed by atoms with Crippen molar-refractivity contribution in [2.75, 3.05) is 0 Å². The molecule has 0 radical (unpaired) electrons. The van der Waals surface area contributed by atoms with E-state index >= 15 is 0 Å². The molecule has 3 rings (SSSR count). The van der Waals surface area contributed by atoms with Crippen molar-refractivity contribution in [3.63, 3.8) is 0 Å². The van der Waals surface area contributed by atoms with Crippen LogP contribution in [-0.4, -0.2) is 15.0 Å². The number of aromatic nitrogens is 3. The van der Waals surface area contributed by atoms with Gasteiger partial charge in [-0.2, -0.15) is 0 Å². The summed E-state index contributed by atoms with van der Waals surface area (Å²) in [5.74, 6) is 0.786. The van der Waals surface area contributed by atoms with Crippen molar-refractivity contribution in [1.29, 1.82) is 0 Å². The van der Waals surface area contributed by atoms with Crippen molar-refractivity contribution in [2.24, 2.45) is 0 Å². The Labute approximate surface area is 116 Å². The second-order valence-corrected chi connectivity index (χ2v) is 5.27. The van der Waals surface area contributed by atoms with E-state index in [-0.39, 0.29) is 0 Å². The molecule has 1 aromatic carbocycles. The van der Waals surface area contributed by atoms with Gasteiger partial charge in [0.15, 0.2) is 5.16 Å². The molecule has 0 bridgehead atoms. The van der Waals surface area contributed by atoms with Gasteiger partial charge in [0.1, 0.15) is 0 Å². The molecule has 94 valence electrons. The zero-order valence-corrected chi connectivity index (χ0v) is 11.4. The second-order valence-electron chi connectivity index (χ2n) is 4.33. The fraction of sp³-hybridized carbons (Fsp3) is 0.133. The lowest BCUT2D eigenvalue weighted by atomic mass is 10.2. The number of para-hydroxylation sites is 1. The minimum Gasteiger partial charge on any atom is -0.252 e. The van der Waals surface area contributed by atoms with E-state index in [9.17, 15) is 0 Å². The van der Waals surface area contributed by atoms with Crippen LogP contribution in [0, 0.1) is 6.92 Å². The largest absolute Gasteiger partial charge is 0.252 e. The Kier molecular flexibility index (Phi) is 3.42. The number of pyridine rings is 1. The second kappa shape index (κ2) is 5.36. The zero-order chi connectivity index (χ0) is 13.1. The van der Waals surface area contributed by atoms with Crippen molar-refractivity contribution in [1.82, 2.24) is 15.0 Å². The van der Waals surface area contributed by atoms with Crippen molar-refractivity contribution in [2.45, 2.75) is 17.8 Å². The van der Waals surface area contributed by atoms with Crippen LogP contribution in [0.4, 0.5) is 0 Å². The highest BCUT2D eigenvalue weighted by Crippen LogP contribution is 2.19. The molecule has 0 aliphatic rings. The van der Waals surface area contributed by atoms with E-state index in [1.165, 1.54) is 5.39 Å².